The molecule has 2 aliphatic rings. The first-order valence-electron chi connectivity index (χ1n) is 11.5. The van der Waals surface area contributed by atoms with Crippen molar-refractivity contribution in [3.63, 3.8) is 0 Å². The second-order valence-electron chi connectivity index (χ2n) is 8.49. The van der Waals surface area contributed by atoms with Crippen LogP contribution in [0.3, 0.4) is 0 Å². The van der Waals surface area contributed by atoms with Crippen molar-refractivity contribution in [3.05, 3.63) is 42.2 Å². The fourth-order valence-electron chi connectivity index (χ4n) is 4.22. The van der Waals surface area contributed by atoms with Gasteiger partial charge in [0, 0.05) is 31.2 Å². The first-order valence-corrected chi connectivity index (χ1v) is 11.5. The molecule has 0 spiro atoms. The summed E-state index contributed by atoms with van der Waals surface area (Å²) < 4.78 is 5.58. The van der Waals surface area contributed by atoms with Crippen molar-refractivity contribution < 1.29 is 14.0 Å². The summed E-state index contributed by atoms with van der Waals surface area (Å²) in [5.74, 6) is 0.279. The third-order valence-corrected chi connectivity index (χ3v) is 5.96. The third kappa shape index (κ3) is 5.70. The normalized spacial score (nSPS) is 19.5. The molecule has 0 bridgehead atoms. The summed E-state index contributed by atoms with van der Waals surface area (Å²) in [7, 11) is 0. The van der Waals surface area contributed by atoms with Crippen LogP contribution in [0.1, 0.15) is 31.4 Å². The lowest BCUT2D eigenvalue weighted by atomic mass is 10.0. The summed E-state index contributed by atoms with van der Waals surface area (Å²) in [4.78, 5) is 38.0. The summed E-state index contributed by atoms with van der Waals surface area (Å²) in [6, 6.07) is 7.35. The molecule has 1 saturated heterocycles. The Labute approximate surface area is 198 Å². The Kier molecular flexibility index (Phi) is 7.38. The van der Waals surface area contributed by atoms with Crippen molar-refractivity contribution in [2.24, 2.45) is 15.9 Å². The van der Waals surface area contributed by atoms with Crippen LogP contribution in [-0.4, -0.2) is 60.0 Å². The number of carbonyl (C=O) groups excluding carboxylic acids is 2. The lowest BCUT2D eigenvalue weighted by Gasteiger charge is -2.28. The van der Waals surface area contributed by atoms with Crippen molar-refractivity contribution in [3.8, 4) is 6.19 Å². The van der Waals surface area contributed by atoms with Gasteiger partial charge in [0.15, 0.2) is 6.19 Å². The summed E-state index contributed by atoms with van der Waals surface area (Å²) in [5, 5.41) is 12.5. The number of carbonyl (C=O) groups is 2. The number of nitrogens with one attached hydrogen (secondary N) is 1. The number of likely N-dealkylation sites (tertiary alicyclic amines) is 1. The molecule has 1 unspecified atom stereocenters. The number of hydrogen-bond acceptors (Lipinski definition) is 5. The zero-order valence-corrected chi connectivity index (χ0v) is 19.2. The van der Waals surface area contributed by atoms with Gasteiger partial charge in [0.05, 0.1) is 18.2 Å². The van der Waals surface area contributed by atoms with Crippen LogP contribution < -0.4 is 5.32 Å². The van der Waals surface area contributed by atoms with Crippen LogP contribution in [0, 0.1) is 24.3 Å². The molecule has 1 N–H and O–H groups in total. The topological polar surface area (TPSA) is 114 Å². The monoisotopic (exact) mass is 460 g/mol. The predicted molar refractivity (Wildman–Crippen MR) is 130 cm³/mol. The number of fused-ring (bicyclic) bond motifs is 1. The van der Waals surface area contributed by atoms with Gasteiger partial charge in [-0.2, -0.15) is 5.26 Å². The quantitative estimate of drug-likeness (QED) is 0.247. The fourth-order valence-corrected chi connectivity index (χ4v) is 4.22. The Balaban J connectivity index is 1.47. The molecule has 1 fully saturated rings. The van der Waals surface area contributed by atoms with Gasteiger partial charge >= 0.3 is 0 Å². The highest BCUT2D eigenvalue weighted by molar-refractivity contribution is 6.00. The van der Waals surface area contributed by atoms with Gasteiger partial charge in [-0.1, -0.05) is 18.6 Å². The van der Waals surface area contributed by atoms with Gasteiger partial charge in [0.25, 0.3) is 0 Å². The molecule has 1 atom stereocenters. The molecule has 0 aliphatic carbocycles. The zero-order chi connectivity index (χ0) is 23.9. The van der Waals surface area contributed by atoms with E-state index in [0.29, 0.717) is 31.7 Å². The largest absolute Gasteiger partial charge is 0.461 e. The molecule has 176 valence electrons. The highest BCUT2D eigenvalue weighted by Crippen LogP contribution is 2.24. The van der Waals surface area contributed by atoms with E-state index in [1.165, 1.54) is 0 Å². The van der Waals surface area contributed by atoms with Crippen LogP contribution in [0.15, 0.2) is 50.8 Å². The van der Waals surface area contributed by atoms with E-state index in [1.807, 2.05) is 37.4 Å². The average molecular weight is 461 g/mol. The van der Waals surface area contributed by atoms with Crippen LogP contribution in [0.2, 0.25) is 0 Å². The van der Waals surface area contributed by atoms with Crippen molar-refractivity contribution in [2.45, 2.75) is 32.6 Å². The molecular formula is C25H28N6O3. The maximum Gasteiger partial charge on any atom is 0.242 e. The Hall–Kier alpha value is -3.93. The van der Waals surface area contributed by atoms with Gasteiger partial charge in [-0.25, -0.2) is 9.98 Å². The molecule has 1 aromatic heterocycles. The number of rotatable bonds is 4. The van der Waals surface area contributed by atoms with Crippen LogP contribution in [0.5, 0.6) is 0 Å². The molecule has 3 heterocycles. The predicted octanol–water partition coefficient (Wildman–Crippen LogP) is 3.29. The lowest BCUT2D eigenvalue weighted by Crippen LogP contribution is -2.45. The van der Waals surface area contributed by atoms with E-state index in [-0.39, 0.29) is 24.3 Å². The van der Waals surface area contributed by atoms with Crippen molar-refractivity contribution in [1.82, 2.24) is 15.1 Å². The van der Waals surface area contributed by atoms with E-state index >= 15 is 0 Å². The highest BCUT2D eigenvalue weighted by atomic mass is 16.3. The number of nitriles is 1. The highest BCUT2D eigenvalue weighted by Gasteiger charge is 2.28. The standard InChI is InChI=1S/C25H28N6O3/c1-18-13-20-14-21(8-9-22(20)34-18)29-25(28-17-26)27-15-19-7-3-6-12-31(24(19)33)16-23(32)30-10-4-2-5-11-30/h2,4,8-9,13-15,19H,3,5-7,10-12,16H2,1H3,(H,28,29)/b27-15-. The summed E-state index contributed by atoms with van der Waals surface area (Å²) in [5.41, 5.74) is 1.37. The van der Waals surface area contributed by atoms with E-state index in [1.54, 1.807) is 22.1 Å². The van der Waals surface area contributed by atoms with Crippen molar-refractivity contribution >= 4 is 40.6 Å². The second kappa shape index (κ2) is 10.8. The summed E-state index contributed by atoms with van der Waals surface area (Å²) in [6.07, 6.45) is 10.6. The molecule has 9 heteroatoms. The summed E-state index contributed by atoms with van der Waals surface area (Å²) >= 11 is 0. The minimum atomic E-state index is -0.471. The third-order valence-electron chi connectivity index (χ3n) is 5.96. The van der Waals surface area contributed by atoms with E-state index in [2.05, 4.69) is 21.4 Å². The zero-order valence-electron chi connectivity index (χ0n) is 19.2. The molecular weight excluding hydrogens is 432 g/mol. The summed E-state index contributed by atoms with van der Waals surface area (Å²) in [6.45, 7) is 3.79. The van der Waals surface area contributed by atoms with Gasteiger partial charge in [0.1, 0.15) is 11.3 Å². The van der Waals surface area contributed by atoms with E-state index in [0.717, 1.165) is 36.0 Å². The van der Waals surface area contributed by atoms with Crippen LogP contribution in [0.4, 0.5) is 5.69 Å². The van der Waals surface area contributed by atoms with E-state index in [9.17, 15) is 9.59 Å². The molecule has 2 amide bonds. The number of amides is 2. The number of aliphatic imine (C=N–C) groups is 2. The van der Waals surface area contributed by atoms with Crippen LogP contribution in [-0.2, 0) is 9.59 Å². The van der Waals surface area contributed by atoms with Gasteiger partial charge in [-0.15, -0.1) is 0 Å². The number of aryl methyl sites for hydroxylation is 1. The average Bonchev–Trinajstić information content (AvgIpc) is 3.12. The lowest BCUT2D eigenvalue weighted by molar-refractivity contribution is -0.141. The Morgan fingerprint density at radius 3 is 2.97 bits per heavy atom. The van der Waals surface area contributed by atoms with Gasteiger partial charge in [0.2, 0.25) is 17.8 Å². The van der Waals surface area contributed by atoms with Gasteiger partial charge in [-0.3, -0.25) is 14.9 Å². The minimum absolute atomic E-state index is 0.0337. The van der Waals surface area contributed by atoms with E-state index < -0.39 is 5.92 Å². The molecule has 2 aliphatic heterocycles. The maximum absolute atomic E-state index is 13.2. The Morgan fingerprint density at radius 2 is 2.18 bits per heavy atom. The molecule has 0 radical (unpaired) electrons. The minimum Gasteiger partial charge on any atom is -0.461 e. The number of nitrogens with zero attached hydrogens (tertiary/aromatic N) is 5. The second-order valence-corrected chi connectivity index (χ2v) is 8.49. The molecule has 1 aromatic carbocycles. The smallest absolute Gasteiger partial charge is 0.242 e. The number of guanidine groups is 1. The molecule has 0 saturated carbocycles. The van der Waals surface area contributed by atoms with E-state index in [4.69, 9.17) is 9.68 Å². The maximum atomic E-state index is 13.2. The molecule has 4 rings (SSSR count). The molecule has 2 aromatic rings. The van der Waals surface area contributed by atoms with Crippen molar-refractivity contribution in [1.29, 1.82) is 5.26 Å². The first kappa shape index (κ1) is 23.2. The fraction of sp³-hybridized carbons (Fsp3) is 0.400. The van der Waals surface area contributed by atoms with Crippen molar-refractivity contribution in [2.75, 3.05) is 26.2 Å². The number of hydrogen-bond donors (Lipinski definition) is 1. The van der Waals surface area contributed by atoms with Gasteiger partial charge < -0.3 is 14.2 Å². The number of furan rings is 1. The van der Waals surface area contributed by atoms with Crippen LogP contribution >= 0.6 is 0 Å². The number of benzene rings is 1. The van der Waals surface area contributed by atoms with Gasteiger partial charge in [-0.05, 0) is 50.5 Å². The molecule has 9 nitrogen and oxygen atoms in total. The first-order chi connectivity index (χ1) is 16.5. The Bertz CT molecular complexity index is 1190. The SMILES string of the molecule is Cc1cc2cc(N=C(/N=C\C3CCCCN(CC(=O)N4CC=CCC4)C3=O)NC#N)ccc2o1. The Morgan fingerprint density at radius 1 is 1.29 bits per heavy atom. The van der Waals surface area contributed by atoms with Crippen LogP contribution in [0.25, 0.3) is 11.0 Å². The molecule has 34 heavy (non-hydrogen) atoms.